The molecule has 74 valence electrons. The summed E-state index contributed by atoms with van der Waals surface area (Å²) in [6.07, 6.45) is 1.22. The van der Waals surface area contributed by atoms with E-state index in [1.54, 1.807) is 25.3 Å². The van der Waals surface area contributed by atoms with Gasteiger partial charge in [0.05, 0.1) is 11.6 Å². The van der Waals surface area contributed by atoms with Gasteiger partial charge in [0, 0.05) is 5.69 Å². The van der Waals surface area contributed by atoms with Crippen LogP contribution in [0.2, 0.25) is 0 Å². The number of hydrogen-bond donors (Lipinski definition) is 1. The molecule has 0 saturated heterocycles. The molecule has 1 aromatic carbocycles. The highest BCUT2D eigenvalue weighted by Crippen LogP contribution is 2.27. The molecule has 0 fully saturated rings. The molecule has 0 spiro atoms. The number of anilines is 1. The molecule has 0 aliphatic carbocycles. The number of methoxy groups -OCH3 is 1. The van der Waals surface area contributed by atoms with Gasteiger partial charge in [-0.25, -0.2) is 0 Å². The standard InChI is InChI=1S/C10H10BrNO2/c1-3-10(13)12-7-4-5-9(14-2)8(11)6-7/h3-6H,1H2,2H3,(H,12,13). The number of nitrogens with one attached hydrogen (secondary N) is 1. The van der Waals surface area contributed by atoms with E-state index < -0.39 is 0 Å². The molecule has 1 amide bonds. The Morgan fingerprint density at radius 1 is 1.64 bits per heavy atom. The van der Waals surface area contributed by atoms with Crippen molar-refractivity contribution >= 4 is 27.5 Å². The molecular weight excluding hydrogens is 246 g/mol. The zero-order valence-corrected chi connectivity index (χ0v) is 9.30. The third kappa shape index (κ3) is 2.60. The molecule has 0 radical (unpaired) electrons. The van der Waals surface area contributed by atoms with Crippen molar-refractivity contribution in [3.8, 4) is 5.75 Å². The predicted octanol–water partition coefficient (Wildman–Crippen LogP) is 2.58. The lowest BCUT2D eigenvalue weighted by Gasteiger charge is -2.06. The van der Waals surface area contributed by atoms with Crippen LogP contribution in [0.5, 0.6) is 5.75 Å². The van der Waals surface area contributed by atoms with Crippen molar-refractivity contribution in [3.63, 3.8) is 0 Å². The average molecular weight is 256 g/mol. The number of carbonyl (C=O) groups is 1. The second-order valence-electron chi connectivity index (χ2n) is 2.54. The number of benzene rings is 1. The number of hydrogen-bond acceptors (Lipinski definition) is 2. The normalized spacial score (nSPS) is 9.29. The Morgan fingerprint density at radius 3 is 2.86 bits per heavy atom. The molecule has 3 nitrogen and oxygen atoms in total. The van der Waals surface area contributed by atoms with Gasteiger partial charge in [-0.3, -0.25) is 4.79 Å². The Balaban J connectivity index is 2.86. The number of carbonyl (C=O) groups excluding carboxylic acids is 1. The summed E-state index contributed by atoms with van der Waals surface area (Å²) in [6.45, 7) is 3.36. The summed E-state index contributed by atoms with van der Waals surface area (Å²) in [7, 11) is 1.59. The van der Waals surface area contributed by atoms with Crippen LogP contribution in [0.25, 0.3) is 0 Å². The summed E-state index contributed by atoms with van der Waals surface area (Å²) in [5.41, 5.74) is 0.697. The molecule has 0 saturated carbocycles. The van der Waals surface area contributed by atoms with E-state index in [4.69, 9.17) is 4.74 Å². The molecule has 14 heavy (non-hydrogen) atoms. The topological polar surface area (TPSA) is 38.3 Å². The molecule has 0 aliphatic heterocycles. The lowest BCUT2D eigenvalue weighted by atomic mass is 10.3. The summed E-state index contributed by atoms with van der Waals surface area (Å²) in [5, 5.41) is 2.64. The van der Waals surface area contributed by atoms with Crippen LogP contribution in [0.1, 0.15) is 0 Å². The fourth-order valence-electron chi connectivity index (χ4n) is 0.937. The van der Waals surface area contributed by atoms with Gasteiger partial charge in [-0.2, -0.15) is 0 Å². The van der Waals surface area contributed by atoms with Crippen molar-refractivity contribution in [2.75, 3.05) is 12.4 Å². The van der Waals surface area contributed by atoms with E-state index in [1.165, 1.54) is 6.08 Å². The second-order valence-corrected chi connectivity index (χ2v) is 3.40. The summed E-state index contributed by atoms with van der Waals surface area (Å²) >= 11 is 3.32. The van der Waals surface area contributed by atoms with Crippen molar-refractivity contribution in [2.45, 2.75) is 0 Å². The Morgan fingerprint density at radius 2 is 2.36 bits per heavy atom. The second kappa shape index (κ2) is 4.81. The summed E-state index contributed by atoms with van der Waals surface area (Å²) in [6, 6.07) is 5.29. The largest absolute Gasteiger partial charge is 0.496 e. The Kier molecular flexibility index (Phi) is 3.71. The number of ether oxygens (including phenoxy) is 1. The first-order valence-electron chi connectivity index (χ1n) is 3.94. The first kappa shape index (κ1) is 10.8. The van der Waals surface area contributed by atoms with E-state index >= 15 is 0 Å². The average Bonchev–Trinajstić information content (AvgIpc) is 2.18. The fourth-order valence-corrected chi connectivity index (χ4v) is 1.48. The van der Waals surface area contributed by atoms with E-state index in [-0.39, 0.29) is 5.91 Å². The first-order chi connectivity index (χ1) is 6.67. The monoisotopic (exact) mass is 255 g/mol. The molecule has 1 aromatic rings. The minimum Gasteiger partial charge on any atom is -0.496 e. The Hall–Kier alpha value is -1.29. The van der Waals surface area contributed by atoms with Crippen LogP contribution in [-0.4, -0.2) is 13.0 Å². The summed E-state index contributed by atoms with van der Waals surface area (Å²) in [5.74, 6) is 0.490. The van der Waals surface area contributed by atoms with Gasteiger partial charge in [-0.1, -0.05) is 6.58 Å². The van der Waals surface area contributed by atoms with Crippen molar-refractivity contribution in [1.82, 2.24) is 0 Å². The Labute approximate surface area is 90.9 Å². The summed E-state index contributed by atoms with van der Waals surface area (Å²) in [4.78, 5) is 11.0. The van der Waals surface area contributed by atoms with E-state index in [0.717, 1.165) is 10.2 Å². The smallest absolute Gasteiger partial charge is 0.247 e. The van der Waals surface area contributed by atoms with Gasteiger partial charge in [0.2, 0.25) is 5.91 Å². The number of rotatable bonds is 3. The van der Waals surface area contributed by atoms with Crippen LogP contribution in [-0.2, 0) is 4.79 Å². The molecule has 0 aliphatic rings. The molecule has 0 unspecified atom stereocenters. The van der Waals surface area contributed by atoms with Crippen LogP contribution in [0.4, 0.5) is 5.69 Å². The SMILES string of the molecule is C=CC(=O)Nc1ccc(OC)c(Br)c1. The van der Waals surface area contributed by atoms with Crippen molar-refractivity contribution in [2.24, 2.45) is 0 Å². The van der Waals surface area contributed by atoms with Crippen LogP contribution >= 0.6 is 15.9 Å². The van der Waals surface area contributed by atoms with Crippen LogP contribution in [0.3, 0.4) is 0 Å². The number of amides is 1. The zero-order valence-electron chi connectivity index (χ0n) is 7.71. The molecule has 4 heteroatoms. The van der Waals surface area contributed by atoms with Gasteiger partial charge in [-0.05, 0) is 40.2 Å². The maximum absolute atomic E-state index is 11.0. The third-order valence-corrected chi connectivity index (χ3v) is 2.22. The van der Waals surface area contributed by atoms with Gasteiger partial charge in [0.15, 0.2) is 0 Å². The van der Waals surface area contributed by atoms with E-state index in [2.05, 4.69) is 27.8 Å². The molecule has 0 heterocycles. The van der Waals surface area contributed by atoms with E-state index in [0.29, 0.717) is 5.69 Å². The highest BCUT2D eigenvalue weighted by Gasteiger charge is 2.02. The van der Waals surface area contributed by atoms with Gasteiger partial charge in [0.1, 0.15) is 5.75 Å². The van der Waals surface area contributed by atoms with E-state index in [1.807, 2.05) is 0 Å². The quantitative estimate of drug-likeness (QED) is 0.844. The molecule has 0 aromatic heterocycles. The van der Waals surface area contributed by atoms with Gasteiger partial charge in [-0.15, -0.1) is 0 Å². The lowest BCUT2D eigenvalue weighted by Crippen LogP contribution is -2.07. The van der Waals surface area contributed by atoms with Crippen LogP contribution < -0.4 is 10.1 Å². The highest BCUT2D eigenvalue weighted by atomic mass is 79.9. The first-order valence-corrected chi connectivity index (χ1v) is 4.73. The van der Waals surface area contributed by atoms with Crippen LogP contribution in [0, 0.1) is 0 Å². The number of halogens is 1. The zero-order chi connectivity index (χ0) is 10.6. The molecule has 1 rings (SSSR count). The van der Waals surface area contributed by atoms with Crippen molar-refractivity contribution in [3.05, 3.63) is 35.3 Å². The van der Waals surface area contributed by atoms with Crippen molar-refractivity contribution < 1.29 is 9.53 Å². The fraction of sp³-hybridized carbons (Fsp3) is 0.100. The van der Waals surface area contributed by atoms with Gasteiger partial charge in [0.25, 0.3) is 0 Å². The minimum absolute atomic E-state index is 0.234. The predicted molar refractivity (Wildman–Crippen MR) is 59.5 cm³/mol. The van der Waals surface area contributed by atoms with Crippen molar-refractivity contribution in [1.29, 1.82) is 0 Å². The maximum Gasteiger partial charge on any atom is 0.247 e. The minimum atomic E-state index is -0.234. The lowest BCUT2D eigenvalue weighted by molar-refractivity contribution is -0.111. The molecule has 0 bridgehead atoms. The third-order valence-electron chi connectivity index (χ3n) is 1.60. The van der Waals surface area contributed by atoms with E-state index in [9.17, 15) is 4.79 Å². The molecule has 0 atom stereocenters. The highest BCUT2D eigenvalue weighted by molar-refractivity contribution is 9.10. The van der Waals surface area contributed by atoms with Gasteiger partial charge >= 0.3 is 0 Å². The Bertz CT molecular complexity index is 363. The molecular formula is C10H10BrNO2. The molecule has 1 N–H and O–H groups in total. The van der Waals surface area contributed by atoms with Crippen LogP contribution in [0.15, 0.2) is 35.3 Å². The summed E-state index contributed by atoms with van der Waals surface area (Å²) < 4.78 is 5.84. The maximum atomic E-state index is 11.0. The van der Waals surface area contributed by atoms with Gasteiger partial charge < -0.3 is 10.1 Å².